The summed E-state index contributed by atoms with van der Waals surface area (Å²) < 4.78 is 13.6. The van der Waals surface area contributed by atoms with Gasteiger partial charge < -0.3 is 20.4 Å². The number of hydrogen-bond acceptors (Lipinski definition) is 3. The highest BCUT2D eigenvalue weighted by Gasteiger charge is 2.21. The Labute approximate surface area is 170 Å². The smallest absolute Gasteiger partial charge is 0.317 e. The summed E-state index contributed by atoms with van der Waals surface area (Å²) in [6.07, 6.45) is 0.579. The van der Waals surface area contributed by atoms with Gasteiger partial charge in [-0.1, -0.05) is 24.3 Å². The molecule has 0 saturated carbocycles. The SMILES string of the molecule is Cc1cccc(N2CCN(C(=O)NCCCNC(=O)c3ccccc3F)CC2)c1. The average Bonchev–Trinajstić information content (AvgIpc) is 2.73. The molecule has 1 aliphatic heterocycles. The number of carbonyl (C=O) groups is 2. The minimum Gasteiger partial charge on any atom is -0.368 e. The van der Waals surface area contributed by atoms with E-state index in [4.69, 9.17) is 0 Å². The lowest BCUT2D eigenvalue weighted by atomic mass is 10.2. The topological polar surface area (TPSA) is 64.7 Å². The van der Waals surface area contributed by atoms with Crippen LogP contribution in [0.5, 0.6) is 0 Å². The van der Waals surface area contributed by atoms with Gasteiger partial charge in [0, 0.05) is 45.0 Å². The minimum atomic E-state index is -0.539. The van der Waals surface area contributed by atoms with Crippen molar-refractivity contribution in [2.45, 2.75) is 13.3 Å². The molecule has 2 aromatic rings. The molecule has 1 saturated heterocycles. The van der Waals surface area contributed by atoms with Crippen LogP contribution >= 0.6 is 0 Å². The maximum atomic E-state index is 13.6. The third kappa shape index (κ3) is 5.70. The Morgan fingerprint density at radius 1 is 0.966 bits per heavy atom. The first-order chi connectivity index (χ1) is 14.0. The number of benzene rings is 2. The second-order valence-corrected chi connectivity index (χ2v) is 7.13. The third-order valence-corrected chi connectivity index (χ3v) is 4.97. The molecule has 0 bridgehead atoms. The Hall–Kier alpha value is -3.09. The summed E-state index contributed by atoms with van der Waals surface area (Å²) in [5.74, 6) is -0.982. The molecule has 1 fully saturated rings. The van der Waals surface area contributed by atoms with Crippen LogP contribution in [0, 0.1) is 12.7 Å². The third-order valence-electron chi connectivity index (χ3n) is 4.97. The highest BCUT2D eigenvalue weighted by Crippen LogP contribution is 2.17. The molecule has 0 radical (unpaired) electrons. The Morgan fingerprint density at radius 2 is 1.69 bits per heavy atom. The number of carbonyl (C=O) groups excluding carboxylic acids is 2. The predicted octanol–water partition coefficient (Wildman–Crippen LogP) is 2.79. The fourth-order valence-electron chi connectivity index (χ4n) is 3.33. The molecule has 2 aromatic carbocycles. The number of aryl methyl sites for hydroxylation is 1. The van der Waals surface area contributed by atoms with E-state index < -0.39 is 11.7 Å². The zero-order chi connectivity index (χ0) is 20.6. The van der Waals surface area contributed by atoms with Gasteiger partial charge in [0.15, 0.2) is 0 Å². The van der Waals surface area contributed by atoms with E-state index in [1.807, 2.05) is 4.90 Å². The molecule has 6 nitrogen and oxygen atoms in total. The van der Waals surface area contributed by atoms with Crippen LogP contribution in [0.15, 0.2) is 48.5 Å². The van der Waals surface area contributed by atoms with Gasteiger partial charge >= 0.3 is 6.03 Å². The molecule has 0 spiro atoms. The molecule has 7 heteroatoms. The number of rotatable bonds is 6. The van der Waals surface area contributed by atoms with Crippen molar-refractivity contribution in [3.63, 3.8) is 0 Å². The van der Waals surface area contributed by atoms with Crippen molar-refractivity contribution in [2.75, 3.05) is 44.2 Å². The normalized spacial score (nSPS) is 13.9. The Balaban J connectivity index is 1.33. The Morgan fingerprint density at radius 3 is 2.41 bits per heavy atom. The first kappa shape index (κ1) is 20.6. The zero-order valence-corrected chi connectivity index (χ0v) is 16.7. The van der Waals surface area contributed by atoms with E-state index in [2.05, 4.69) is 46.7 Å². The van der Waals surface area contributed by atoms with Crippen LogP contribution in [0.3, 0.4) is 0 Å². The summed E-state index contributed by atoms with van der Waals surface area (Å²) >= 11 is 0. The van der Waals surface area contributed by atoms with Gasteiger partial charge in [-0.25, -0.2) is 9.18 Å². The number of nitrogens with zero attached hydrogens (tertiary/aromatic N) is 2. The number of nitrogens with one attached hydrogen (secondary N) is 2. The lowest BCUT2D eigenvalue weighted by Gasteiger charge is -2.36. The largest absolute Gasteiger partial charge is 0.368 e. The molecule has 29 heavy (non-hydrogen) atoms. The maximum Gasteiger partial charge on any atom is 0.317 e. The second kappa shape index (κ2) is 9.91. The minimum absolute atomic E-state index is 0.0306. The van der Waals surface area contributed by atoms with Crippen LogP contribution in [0.25, 0.3) is 0 Å². The second-order valence-electron chi connectivity index (χ2n) is 7.13. The van der Waals surface area contributed by atoms with Crippen molar-refractivity contribution in [1.82, 2.24) is 15.5 Å². The summed E-state index contributed by atoms with van der Waals surface area (Å²) in [5.41, 5.74) is 2.45. The van der Waals surface area contributed by atoms with Gasteiger partial charge in [-0.05, 0) is 43.2 Å². The Bertz CT molecular complexity index is 850. The number of hydrogen-bond donors (Lipinski definition) is 2. The van der Waals surface area contributed by atoms with Crippen molar-refractivity contribution in [3.8, 4) is 0 Å². The monoisotopic (exact) mass is 398 g/mol. The van der Waals surface area contributed by atoms with Crippen molar-refractivity contribution in [3.05, 3.63) is 65.5 Å². The summed E-state index contributed by atoms with van der Waals surface area (Å²) in [7, 11) is 0. The van der Waals surface area contributed by atoms with Crippen molar-refractivity contribution in [2.24, 2.45) is 0 Å². The van der Waals surface area contributed by atoms with Gasteiger partial charge in [-0.15, -0.1) is 0 Å². The van der Waals surface area contributed by atoms with Crippen LogP contribution in [0.4, 0.5) is 14.9 Å². The van der Waals surface area contributed by atoms with Crippen molar-refractivity contribution < 1.29 is 14.0 Å². The Kier molecular flexibility index (Phi) is 7.05. The summed E-state index contributed by atoms with van der Waals surface area (Å²) in [5, 5.41) is 5.56. The van der Waals surface area contributed by atoms with E-state index >= 15 is 0 Å². The van der Waals surface area contributed by atoms with E-state index in [0.29, 0.717) is 32.6 Å². The quantitative estimate of drug-likeness (QED) is 0.736. The lowest BCUT2D eigenvalue weighted by molar-refractivity contribution is 0.0949. The van der Waals surface area contributed by atoms with E-state index in [-0.39, 0.29) is 11.6 Å². The van der Waals surface area contributed by atoms with Crippen molar-refractivity contribution in [1.29, 1.82) is 0 Å². The molecular weight excluding hydrogens is 371 g/mol. The van der Waals surface area contributed by atoms with Gasteiger partial charge in [-0.3, -0.25) is 4.79 Å². The summed E-state index contributed by atoms with van der Waals surface area (Å²) in [4.78, 5) is 28.3. The van der Waals surface area contributed by atoms with E-state index in [9.17, 15) is 14.0 Å². The highest BCUT2D eigenvalue weighted by molar-refractivity contribution is 5.94. The number of halogens is 1. The van der Waals surface area contributed by atoms with Gasteiger partial charge in [-0.2, -0.15) is 0 Å². The molecule has 3 rings (SSSR count). The van der Waals surface area contributed by atoms with Crippen LogP contribution < -0.4 is 15.5 Å². The molecule has 0 aliphatic carbocycles. The van der Waals surface area contributed by atoms with E-state index in [0.717, 1.165) is 13.1 Å². The molecule has 2 N–H and O–H groups in total. The van der Waals surface area contributed by atoms with Gasteiger partial charge in [0.05, 0.1) is 5.56 Å². The molecule has 1 heterocycles. The standard InChI is InChI=1S/C22H27FN4O2/c1-17-6-4-7-18(16-17)26-12-14-27(15-13-26)22(29)25-11-5-10-24-21(28)19-8-2-3-9-20(19)23/h2-4,6-9,16H,5,10-15H2,1H3,(H,24,28)(H,25,29). The zero-order valence-electron chi connectivity index (χ0n) is 16.7. The van der Waals surface area contributed by atoms with Crippen LogP contribution in [0.2, 0.25) is 0 Å². The molecule has 0 unspecified atom stereocenters. The molecule has 3 amide bonds. The van der Waals surface area contributed by atoms with Gasteiger partial charge in [0.25, 0.3) is 5.91 Å². The lowest BCUT2D eigenvalue weighted by Crippen LogP contribution is -2.52. The maximum absolute atomic E-state index is 13.6. The molecule has 1 aliphatic rings. The first-order valence-electron chi connectivity index (χ1n) is 9.92. The first-order valence-corrected chi connectivity index (χ1v) is 9.92. The summed E-state index contributed by atoms with van der Waals surface area (Å²) in [6, 6.07) is 14.2. The van der Waals surface area contributed by atoms with Crippen molar-refractivity contribution >= 4 is 17.6 Å². The number of piperazine rings is 1. The van der Waals surface area contributed by atoms with E-state index in [1.165, 1.54) is 23.4 Å². The fraction of sp³-hybridized carbons (Fsp3) is 0.364. The van der Waals surface area contributed by atoms with Gasteiger partial charge in [0.2, 0.25) is 0 Å². The van der Waals surface area contributed by atoms with Crippen LogP contribution in [0.1, 0.15) is 22.3 Å². The van der Waals surface area contributed by atoms with Crippen LogP contribution in [-0.2, 0) is 0 Å². The number of amides is 3. The summed E-state index contributed by atoms with van der Waals surface area (Å²) in [6.45, 7) is 5.84. The molecule has 0 aromatic heterocycles. The molecular formula is C22H27FN4O2. The van der Waals surface area contributed by atoms with Crippen LogP contribution in [-0.4, -0.2) is 56.1 Å². The highest BCUT2D eigenvalue weighted by atomic mass is 19.1. The number of anilines is 1. The average molecular weight is 398 g/mol. The fourth-order valence-corrected chi connectivity index (χ4v) is 3.33. The number of urea groups is 1. The molecule has 154 valence electrons. The molecule has 0 atom stereocenters. The van der Waals surface area contributed by atoms with Gasteiger partial charge in [0.1, 0.15) is 5.82 Å². The van der Waals surface area contributed by atoms with E-state index in [1.54, 1.807) is 12.1 Å². The predicted molar refractivity (Wildman–Crippen MR) is 112 cm³/mol.